The second-order valence-electron chi connectivity index (χ2n) is 10.0. The molecule has 0 aliphatic carbocycles. The van der Waals surface area contributed by atoms with Gasteiger partial charge in [0.05, 0.1) is 18.8 Å². The van der Waals surface area contributed by atoms with E-state index >= 15 is 0 Å². The summed E-state index contributed by atoms with van der Waals surface area (Å²) in [6, 6.07) is 16.3. The van der Waals surface area contributed by atoms with E-state index in [1.165, 1.54) is 5.56 Å². The lowest BCUT2D eigenvalue weighted by Gasteiger charge is -2.43. The van der Waals surface area contributed by atoms with E-state index in [-0.39, 0.29) is 5.91 Å². The molecule has 0 saturated carbocycles. The Morgan fingerprint density at radius 2 is 1.80 bits per heavy atom. The summed E-state index contributed by atoms with van der Waals surface area (Å²) in [6.45, 7) is 5.19. The van der Waals surface area contributed by atoms with Crippen molar-refractivity contribution < 1.29 is 19.7 Å². The van der Waals surface area contributed by atoms with Gasteiger partial charge in [-0.05, 0) is 81.0 Å². The number of methoxy groups -OCH3 is 1. The highest BCUT2D eigenvalue weighted by Crippen LogP contribution is 2.31. The molecule has 2 aromatic carbocycles. The molecule has 2 heterocycles. The molecule has 6 nitrogen and oxygen atoms in total. The van der Waals surface area contributed by atoms with Crippen molar-refractivity contribution in [2.45, 2.75) is 50.2 Å². The number of hydrogen-bond acceptors (Lipinski definition) is 5. The number of rotatable bonds is 7. The average Bonchev–Trinajstić information content (AvgIpc) is 2.88. The number of amides is 1. The average molecular weight is 479 g/mol. The summed E-state index contributed by atoms with van der Waals surface area (Å²) in [4.78, 5) is 16.6. The van der Waals surface area contributed by atoms with Crippen LogP contribution >= 0.6 is 0 Å². The highest BCUT2D eigenvalue weighted by Gasteiger charge is 2.40. The molecular weight excluding hydrogens is 440 g/mol. The van der Waals surface area contributed by atoms with Crippen LogP contribution in [0.25, 0.3) is 6.08 Å². The van der Waals surface area contributed by atoms with Gasteiger partial charge in [0.25, 0.3) is 0 Å². The second kappa shape index (κ2) is 11.4. The molecule has 0 bridgehead atoms. The number of carbonyl (C=O) groups excluding carboxylic acids is 1. The molecule has 0 spiro atoms. The number of ether oxygens (including phenoxy) is 1. The standard InChI is InChI=1S/C29H38N2O4/c1-22-4-3-5-23(20-22)6-11-28(33)31-18-14-29(34,15-19-31)27(32)21-30-16-12-25(13-17-30)24-7-9-26(35-2)10-8-24/h3-11,20,25,27,32,34H,12-19,21H2,1-2H3. The minimum Gasteiger partial charge on any atom is -0.497 e. The van der Waals surface area contributed by atoms with E-state index in [4.69, 9.17) is 4.74 Å². The molecule has 2 aliphatic rings. The van der Waals surface area contributed by atoms with Crippen LogP contribution in [-0.4, -0.2) is 77.5 Å². The van der Waals surface area contributed by atoms with Crippen LogP contribution in [-0.2, 0) is 4.79 Å². The first kappa shape index (κ1) is 25.4. The van der Waals surface area contributed by atoms with Gasteiger partial charge in [-0.25, -0.2) is 0 Å². The molecule has 1 unspecified atom stereocenters. The van der Waals surface area contributed by atoms with Gasteiger partial charge in [-0.2, -0.15) is 0 Å². The SMILES string of the molecule is COc1ccc(C2CCN(CC(O)C3(O)CCN(C(=O)C=Cc4cccc(C)c4)CC3)CC2)cc1. The number of aliphatic hydroxyl groups is 2. The second-order valence-corrected chi connectivity index (χ2v) is 10.0. The van der Waals surface area contributed by atoms with E-state index in [1.807, 2.05) is 49.4 Å². The Morgan fingerprint density at radius 1 is 1.11 bits per heavy atom. The molecule has 1 amide bonds. The van der Waals surface area contributed by atoms with Crippen LogP contribution in [0.15, 0.2) is 54.6 Å². The van der Waals surface area contributed by atoms with Crippen LogP contribution in [0.1, 0.15) is 48.3 Å². The van der Waals surface area contributed by atoms with Crippen molar-refractivity contribution in [2.24, 2.45) is 0 Å². The molecule has 35 heavy (non-hydrogen) atoms. The zero-order valence-electron chi connectivity index (χ0n) is 20.9. The summed E-state index contributed by atoms with van der Waals surface area (Å²) in [5, 5.41) is 22.0. The highest BCUT2D eigenvalue weighted by atomic mass is 16.5. The number of benzene rings is 2. The largest absolute Gasteiger partial charge is 0.497 e. The van der Waals surface area contributed by atoms with Crippen LogP contribution in [0.2, 0.25) is 0 Å². The van der Waals surface area contributed by atoms with Crippen LogP contribution in [0.4, 0.5) is 0 Å². The number of carbonyl (C=O) groups is 1. The molecule has 0 radical (unpaired) electrons. The molecule has 2 saturated heterocycles. The van der Waals surface area contributed by atoms with E-state index in [1.54, 1.807) is 18.1 Å². The molecule has 1 atom stereocenters. The van der Waals surface area contributed by atoms with Crippen LogP contribution < -0.4 is 4.74 Å². The number of likely N-dealkylation sites (tertiary alicyclic amines) is 2. The Kier molecular flexibility index (Phi) is 8.26. The van der Waals surface area contributed by atoms with Gasteiger partial charge in [0, 0.05) is 25.7 Å². The van der Waals surface area contributed by atoms with E-state index in [2.05, 4.69) is 17.0 Å². The minimum absolute atomic E-state index is 0.0522. The molecule has 2 N–H and O–H groups in total. The lowest BCUT2D eigenvalue weighted by Crippen LogP contribution is -2.56. The number of β-amino-alcohol motifs (C(OH)–C–C–N with tert-alkyl or cyclic N) is 1. The Labute approximate surface area is 208 Å². The van der Waals surface area contributed by atoms with Gasteiger partial charge in [0.15, 0.2) is 0 Å². The molecule has 0 aromatic heterocycles. The van der Waals surface area contributed by atoms with E-state index in [0.717, 1.165) is 42.8 Å². The highest BCUT2D eigenvalue weighted by molar-refractivity contribution is 5.91. The Balaban J connectivity index is 1.23. The zero-order chi connectivity index (χ0) is 24.8. The first-order valence-corrected chi connectivity index (χ1v) is 12.7. The summed E-state index contributed by atoms with van der Waals surface area (Å²) in [5.41, 5.74) is 2.34. The first-order valence-electron chi connectivity index (χ1n) is 12.7. The summed E-state index contributed by atoms with van der Waals surface area (Å²) < 4.78 is 5.25. The third-order valence-corrected chi connectivity index (χ3v) is 7.63. The van der Waals surface area contributed by atoms with Crippen molar-refractivity contribution in [1.29, 1.82) is 0 Å². The number of aliphatic hydroxyl groups excluding tert-OH is 1. The maximum atomic E-state index is 12.6. The smallest absolute Gasteiger partial charge is 0.246 e. The summed E-state index contributed by atoms with van der Waals surface area (Å²) in [6.07, 6.45) is 5.46. The van der Waals surface area contributed by atoms with Crippen LogP contribution in [0, 0.1) is 6.92 Å². The third kappa shape index (κ3) is 6.51. The quantitative estimate of drug-likeness (QED) is 0.595. The number of nitrogens with zero attached hydrogens (tertiary/aromatic N) is 2. The van der Waals surface area contributed by atoms with Gasteiger partial charge < -0.3 is 24.7 Å². The fourth-order valence-electron chi connectivity index (χ4n) is 5.23. The summed E-state index contributed by atoms with van der Waals surface area (Å²) in [5.74, 6) is 1.33. The summed E-state index contributed by atoms with van der Waals surface area (Å²) in [7, 11) is 1.68. The van der Waals surface area contributed by atoms with Crippen molar-refractivity contribution in [1.82, 2.24) is 9.80 Å². The monoisotopic (exact) mass is 478 g/mol. The summed E-state index contributed by atoms with van der Waals surface area (Å²) >= 11 is 0. The van der Waals surface area contributed by atoms with E-state index < -0.39 is 11.7 Å². The van der Waals surface area contributed by atoms with Crippen LogP contribution in [0.3, 0.4) is 0 Å². The Bertz CT molecular complexity index is 1000. The fraction of sp³-hybridized carbons (Fsp3) is 0.483. The van der Waals surface area contributed by atoms with Crippen molar-refractivity contribution in [3.8, 4) is 5.75 Å². The van der Waals surface area contributed by atoms with Crippen molar-refractivity contribution in [2.75, 3.05) is 39.8 Å². The predicted molar refractivity (Wildman–Crippen MR) is 138 cm³/mol. The van der Waals surface area contributed by atoms with Crippen molar-refractivity contribution in [3.63, 3.8) is 0 Å². The van der Waals surface area contributed by atoms with Gasteiger partial charge in [0.2, 0.25) is 5.91 Å². The van der Waals surface area contributed by atoms with Gasteiger partial charge in [-0.15, -0.1) is 0 Å². The number of hydrogen-bond donors (Lipinski definition) is 2. The van der Waals surface area contributed by atoms with E-state index in [0.29, 0.717) is 38.4 Å². The Hall–Kier alpha value is -2.67. The lowest BCUT2D eigenvalue weighted by atomic mass is 9.84. The topological polar surface area (TPSA) is 73.2 Å². The van der Waals surface area contributed by atoms with E-state index in [9.17, 15) is 15.0 Å². The molecule has 2 fully saturated rings. The molecular formula is C29H38N2O4. The lowest BCUT2D eigenvalue weighted by molar-refractivity contribution is -0.140. The molecule has 2 aromatic rings. The number of piperidine rings is 2. The number of aryl methyl sites for hydroxylation is 1. The maximum Gasteiger partial charge on any atom is 0.246 e. The molecule has 188 valence electrons. The Morgan fingerprint density at radius 3 is 2.43 bits per heavy atom. The molecule has 2 aliphatic heterocycles. The minimum atomic E-state index is -1.15. The first-order chi connectivity index (χ1) is 16.9. The normalized spacial score (nSPS) is 20.2. The van der Waals surface area contributed by atoms with Gasteiger partial charge >= 0.3 is 0 Å². The van der Waals surface area contributed by atoms with Crippen molar-refractivity contribution in [3.05, 3.63) is 71.3 Å². The maximum absolute atomic E-state index is 12.6. The van der Waals surface area contributed by atoms with Gasteiger partial charge in [-0.3, -0.25) is 4.79 Å². The fourth-order valence-corrected chi connectivity index (χ4v) is 5.23. The molecule has 6 heteroatoms. The van der Waals surface area contributed by atoms with Gasteiger partial charge in [-0.1, -0.05) is 42.0 Å². The zero-order valence-corrected chi connectivity index (χ0v) is 20.9. The van der Waals surface area contributed by atoms with Gasteiger partial charge in [0.1, 0.15) is 5.75 Å². The molecule has 4 rings (SSSR count). The van der Waals surface area contributed by atoms with Crippen LogP contribution in [0.5, 0.6) is 5.75 Å². The van der Waals surface area contributed by atoms with Crippen molar-refractivity contribution >= 4 is 12.0 Å². The predicted octanol–water partition coefficient (Wildman–Crippen LogP) is 3.61. The third-order valence-electron chi connectivity index (χ3n) is 7.63.